The number of aromatic nitrogens is 1. The van der Waals surface area contributed by atoms with E-state index in [0.29, 0.717) is 31.5 Å². The fraction of sp³-hybridized carbons (Fsp3) is 0.412. The number of benzene rings is 2. The van der Waals surface area contributed by atoms with E-state index in [1.165, 1.54) is 0 Å². The molecule has 3 aromatic rings. The molecule has 2 atom stereocenters. The Morgan fingerprint density at radius 2 is 1.64 bits per heavy atom. The van der Waals surface area contributed by atoms with Gasteiger partial charge < -0.3 is 10.2 Å². The van der Waals surface area contributed by atoms with Crippen molar-refractivity contribution in [3.8, 4) is 11.1 Å². The number of nitrogens with zero attached hydrogens (tertiary/aromatic N) is 2. The summed E-state index contributed by atoms with van der Waals surface area (Å²) in [6, 6.07) is 21.5. The third kappa shape index (κ3) is 6.87. The molecule has 2 unspecified atom stereocenters. The first kappa shape index (κ1) is 29.5. The van der Waals surface area contributed by atoms with Gasteiger partial charge in [0, 0.05) is 31.0 Å². The number of nitrogens with one attached hydrogen (secondary N) is 2. The number of hydrogen-bond donors (Lipinski definition) is 3. The number of likely N-dealkylation sites (tertiary alicyclic amines) is 1. The molecule has 8 heteroatoms. The standard InChI is InChI=1S/C34H40N4O4/c39-30(37-42)24-34(19-7-8-25-13-15-27(16-14-25)26-9-3-1-4-10-26)20-23-38(33(34)41)31(28-11-5-2-6-12-28)32(40)36-29-17-21-35-22-18-29/h1,3-4,9-10,13-18,21-22,28,31,42H,2,5-8,11-12,19-20,23-24H2,(H,37,39)(H,35,36,40). The predicted octanol–water partition coefficient (Wildman–Crippen LogP) is 5.77. The van der Waals surface area contributed by atoms with E-state index in [1.807, 2.05) is 18.2 Å². The zero-order valence-corrected chi connectivity index (χ0v) is 24.0. The van der Waals surface area contributed by atoms with Gasteiger partial charge in [0.2, 0.25) is 17.7 Å². The van der Waals surface area contributed by atoms with E-state index in [-0.39, 0.29) is 24.2 Å². The van der Waals surface area contributed by atoms with Gasteiger partial charge in [0.15, 0.2) is 0 Å². The molecule has 1 saturated heterocycles. The molecule has 0 radical (unpaired) electrons. The maximum atomic E-state index is 14.2. The van der Waals surface area contributed by atoms with Crippen molar-refractivity contribution >= 4 is 23.4 Å². The summed E-state index contributed by atoms with van der Waals surface area (Å²) in [6.07, 6.45) is 10.6. The summed E-state index contributed by atoms with van der Waals surface area (Å²) >= 11 is 0. The van der Waals surface area contributed by atoms with Crippen LogP contribution >= 0.6 is 0 Å². The van der Waals surface area contributed by atoms with Gasteiger partial charge in [-0.1, -0.05) is 73.9 Å². The lowest BCUT2D eigenvalue weighted by atomic mass is 9.77. The molecular weight excluding hydrogens is 528 g/mol. The first-order chi connectivity index (χ1) is 20.5. The molecule has 1 aliphatic heterocycles. The highest BCUT2D eigenvalue weighted by molar-refractivity contribution is 5.99. The number of rotatable bonds is 11. The maximum Gasteiger partial charge on any atom is 0.247 e. The van der Waals surface area contributed by atoms with Crippen molar-refractivity contribution < 1.29 is 19.6 Å². The third-order valence-corrected chi connectivity index (χ3v) is 9.00. The second-order valence-electron chi connectivity index (χ2n) is 11.7. The quantitative estimate of drug-likeness (QED) is 0.201. The van der Waals surface area contributed by atoms with Crippen LogP contribution in [0.15, 0.2) is 79.1 Å². The molecule has 2 aromatic carbocycles. The molecule has 1 saturated carbocycles. The van der Waals surface area contributed by atoms with Crippen molar-refractivity contribution in [1.29, 1.82) is 0 Å². The monoisotopic (exact) mass is 568 g/mol. The zero-order valence-electron chi connectivity index (χ0n) is 24.0. The molecular formula is C34H40N4O4. The van der Waals surface area contributed by atoms with Crippen LogP contribution < -0.4 is 10.8 Å². The van der Waals surface area contributed by atoms with Crippen LogP contribution in [-0.2, 0) is 20.8 Å². The van der Waals surface area contributed by atoms with E-state index in [4.69, 9.17) is 0 Å². The molecule has 2 aliphatic rings. The van der Waals surface area contributed by atoms with Gasteiger partial charge in [0.1, 0.15) is 6.04 Å². The van der Waals surface area contributed by atoms with Crippen molar-refractivity contribution in [2.75, 3.05) is 11.9 Å². The molecule has 3 amide bonds. The lowest BCUT2D eigenvalue weighted by Crippen LogP contribution is -2.52. The fourth-order valence-corrected chi connectivity index (χ4v) is 6.78. The van der Waals surface area contributed by atoms with Crippen molar-refractivity contribution in [3.63, 3.8) is 0 Å². The Labute approximate surface area is 247 Å². The number of anilines is 1. The van der Waals surface area contributed by atoms with E-state index in [9.17, 15) is 19.6 Å². The number of hydroxylamine groups is 1. The highest BCUT2D eigenvalue weighted by Gasteiger charge is 2.51. The second-order valence-corrected chi connectivity index (χ2v) is 11.7. The molecule has 8 nitrogen and oxygen atoms in total. The third-order valence-electron chi connectivity index (χ3n) is 9.00. The van der Waals surface area contributed by atoms with Crippen LogP contribution in [0.3, 0.4) is 0 Å². The minimum absolute atomic E-state index is 0.0649. The summed E-state index contributed by atoms with van der Waals surface area (Å²) in [5.41, 5.74) is 4.90. The largest absolute Gasteiger partial charge is 0.330 e. The molecule has 0 bridgehead atoms. The van der Waals surface area contributed by atoms with Gasteiger partial charge in [-0.25, -0.2) is 5.48 Å². The van der Waals surface area contributed by atoms with Gasteiger partial charge in [-0.05, 0) is 73.3 Å². The Hall–Kier alpha value is -4.04. The smallest absolute Gasteiger partial charge is 0.247 e. The van der Waals surface area contributed by atoms with E-state index in [2.05, 4.69) is 46.7 Å². The van der Waals surface area contributed by atoms with E-state index in [0.717, 1.165) is 55.2 Å². The van der Waals surface area contributed by atoms with Crippen LogP contribution in [0.25, 0.3) is 11.1 Å². The van der Waals surface area contributed by atoms with Crippen LogP contribution in [0.4, 0.5) is 5.69 Å². The topological polar surface area (TPSA) is 112 Å². The lowest BCUT2D eigenvalue weighted by molar-refractivity contribution is -0.147. The summed E-state index contributed by atoms with van der Waals surface area (Å²) in [7, 11) is 0. The molecule has 2 fully saturated rings. The summed E-state index contributed by atoms with van der Waals surface area (Å²) < 4.78 is 0. The number of aryl methyl sites for hydroxylation is 1. The highest BCUT2D eigenvalue weighted by Crippen LogP contribution is 2.43. The van der Waals surface area contributed by atoms with Gasteiger partial charge in [0.05, 0.1) is 5.41 Å². The molecule has 220 valence electrons. The molecule has 2 heterocycles. The lowest BCUT2D eigenvalue weighted by Gasteiger charge is -2.37. The molecule has 3 N–H and O–H groups in total. The van der Waals surface area contributed by atoms with Gasteiger partial charge in [0.25, 0.3) is 0 Å². The van der Waals surface area contributed by atoms with Crippen LogP contribution in [-0.4, -0.2) is 45.4 Å². The maximum absolute atomic E-state index is 14.2. The summed E-state index contributed by atoms with van der Waals surface area (Å²) in [6.45, 7) is 0.411. The Balaban J connectivity index is 1.31. The minimum atomic E-state index is -0.958. The van der Waals surface area contributed by atoms with E-state index >= 15 is 0 Å². The zero-order chi connectivity index (χ0) is 29.4. The molecule has 5 rings (SSSR count). The van der Waals surface area contributed by atoms with Crippen LogP contribution in [0.5, 0.6) is 0 Å². The van der Waals surface area contributed by atoms with Crippen LogP contribution in [0.2, 0.25) is 0 Å². The Morgan fingerprint density at radius 3 is 2.33 bits per heavy atom. The van der Waals surface area contributed by atoms with E-state index < -0.39 is 17.4 Å². The number of hydrogen-bond acceptors (Lipinski definition) is 5. The van der Waals surface area contributed by atoms with Gasteiger partial charge in [-0.15, -0.1) is 0 Å². The molecule has 42 heavy (non-hydrogen) atoms. The number of carbonyl (C=O) groups excluding carboxylic acids is 3. The second kappa shape index (κ2) is 13.7. The molecule has 1 aromatic heterocycles. The minimum Gasteiger partial charge on any atom is -0.330 e. The summed E-state index contributed by atoms with van der Waals surface area (Å²) in [5, 5.41) is 12.4. The summed E-state index contributed by atoms with van der Waals surface area (Å²) in [4.78, 5) is 46.2. The molecule has 1 aliphatic carbocycles. The van der Waals surface area contributed by atoms with E-state index in [1.54, 1.807) is 34.9 Å². The predicted molar refractivity (Wildman–Crippen MR) is 161 cm³/mol. The number of carbonyl (C=O) groups is 3. The van der Waals surface area contributed by atoms with Crippen LogP contribution in [0, 0.1) is 11.3 Å². The SMILES string of the molecule is O=C(CC1(CCCc2ccc(-c3ccccc3)cc2)CCN(C(C(=O)Nc2ccncc2)C2CCCCC2)C1=O)NO. The Kier molecular flexibility index (Phi) is 9.64. The normalized spacial score (nSPS) is 19.8. The van der Waals surface area contributed by atoms with Crippen molar-refractivity contribution in [2.24, 2.45) is 11.3 Å². The number of amides is 3. The Bertz CT molecular complexity index is 1340. The summed E-state index contributed by atoms with van der Waals surface area (Å²) in [5.74, 6) is -0.864. The average molecular weight is 569 g/mol. The highest BCUT2D eigenvalue weighted by atomic mass is 16.5. The number of pyridine rings is 1. The van der Waals surface area contributed by atoms with Crippen molar-refractivity contribution in [2.45, 2.75) is 70.3 Å². The Morgan fingerprint density at radius 1 is 0.952 bits per heavy atom. The van der Waals surface area contributed by atoms with Gasteiger partial charge in [-0.2, -0.15) is 0 Å². The average Bonchev–Trinajstić information content (AvgIpc) is 3.33. The van der Waals surface area contributed by atoms with Crippen molar-refractivity contribution in [1.82, 2.24) is 15.4 Å². The fourth-order valence-electron chi connectivity index (χ4n) is 6.78. The first-order valence-electron chi connectivity index (χ1n) is 15.1. The molecule has 0 spiro atoms. The van der Waals surface area contributed by atoms with Crippen molar-refractivity contribution in [3.05, 3.63) is 84.7 Å². The van der Waals surface area contributed by atoms with Crippen LogP contribution in [0.1, 0.15) is 63.4 Å². The van der Waals surface area contributed by atoms with Gasteiger partial charge >= 0.3 is 0 Å². The van der Waals surface area contributed by atoms with Gasteiger partial charge in [-0.3, -0.25) is 24.6 Å². The first-order valence-corrected chi connectivity index (χ1v) is 15.1.